The first-order chi connectivity index (χ1) is 7.83. The summed E-state index contributed by atoms with van der Waals surface area (Å²) in [6.45, 7) is 0.111. The molecule has 1 aromatic carbocycles. The molecule has 0 bridgehead atoms. The summed E-state index contributed by atoms with van der Waals surface area (Å²) < 4.78 is 0. The van der Waals surface area contributed by atoms with Gasteiger partial charge in [-0.05, 0) is 30.5 Å². The largest absolute Gasteiger partial charge is 0.396 e. The van der Waals surface area contributed by atoms with Gasteiger partial charge in [0.1, 0.15) is 0 Å². The van der Waals surface area contributed by atoms with E-state index < -0.39 is 6.10 Å². The summed E-state index contributed by atoms with van der Waals surface area (Å²) in [6, 6.07) is 9.56. The Bertz CT molecular complexity index is 465. The molecular formula is C13H15NO2. The zero-order valence-corrected chi connectivity index (χ0v) is 9.00. The van der Waals surface area contributed by atoms with Crippen LogP contribution in [0.5, 0.6) is 0 Å². The third kappa shape index (κ3) is 2.21. The zero-order valence-electron chi connectivity index (χ0n) is 9.00. The molecule has 1 unspecified atom stereocenters. The summed E-state index contributed by atoms with van der Waals surface area (Å²) >= 11 is 0. The van der Waals surface area contributed by atoms with Crippen LogP contribution in [-0.4, -0.2) is 21.8 Å². The Labute approximate surface area is 94.4 Å². The molecule has 2 N–H and O–H groups in total. The number of aromatic nitrogens is 1. The Balaban J connectivity index is 2.36. The van der Waals surface area contributed by atoms with Crippen LogP contribution >= 0.6 is 0 Å². The lowest BCUT2D eigenvalue weighted by Gasteiger charge is -2.12. The van der Waals surface area contributed by atoms with E-state index in [2.05, 4.69) is 4.98 Å². The van der Waals surface area contributed by atoms with Crippen LogP contribution in [0.4, 0.5) is 0 Å². The van der Waals surface area contributed by atoms with Crippen LogP contribution in [-0.2, 0) is 0 Å². The lowest BCUT2D eigenvalue weighted by atomic mass is 10.0. The topological polar surface area (TPSA) is 53.4 Å². The van der Waals surface area contributed by atoms with Crippen molar-refractivity contribution in [2.45, 2.75) is 18.9 Å². The highest BCUT2D eigenvalue weighted by atomic mass is 16.3. The smallest absolute Gasteiger partial charge is 0.0797 e. The van der Waals surface area contributed by atoms with Crippen molar-refractivity contribution in [1.82, 2.24) is 4.98 Å². The number of pyridine rings is 1. The van der Waals surface area contributed by atoms with Crippen molar-refractivity contribution in [1.29, 1.82) is 0 Å². The van der Waals surface area contributed by atoms with E-state index in [4.69, 9.17) is 5.11 Å². The molecule has 2 aromatic rings. The molecule has 0 saturated carbocycles. The van der Waals surface area contributed by atoms with Crippen molar-refractivity contribution >= 4 is 10.9 Å². The lowest BCUT2D eigenvalue weighted by molar-refractivity contribution is 0.153. The highest BCUT2D eigenvalue weighted by Crippen LogP contribution is 2.25. The van der Waals surface area contributed by atoms with Gasteiger partial charge in [0.15, 0.2) is 0 Å². The van der Waals surface area contributed by atoms with Crippen molar-refractivity contribution in [3.8, 4) is 0 Å². The molecule has 0 fully saturated rings. The number of aliphatic hydroxyl groups excluding tert-OH is 2. The molecule has 0 aliphatic rings. The third-order valence-corrected chi connectivity index (χ3v) is 2.67. The highest BCUT2D eigenvalue weighted by molar-refractivity contribution is 5.82. The van der Waals surface area contributed by atoms with Crippen LogP contribution in [0.2, 0.25) is 0 Å². The van der Waals surface area contributed by atoms with Gasteiger partial charge in [-0.1, -0.05) is 18.2 Å². The van der Waals surface area contributed by atoms with E-state index >= 15 is 0 Å². The average molecular weight is 217 g/mol. The fraction of sp³-hybridized carbons (Fsp3) is 0.308. The number of rotatable bonds is 4. The fourth-order valence-corrected chi connectivity index (χ4v) is 1.86. The van der Waals surface area contributed by atoms with Gasteiger partial charge < -0.3 is 10.2 Å². The van der Waals surface area contributed by atoms with Gasteiger partial charge in [0.2, 0.25) is 0 Å². The standard InChI is InChI=1S/C13H15NO2/c15-9-3-7-13(16)11-4-1-6-12-10(11)5-2-8-14-12/h1-2,4-6,8,13,15-16H,3,7,9H2. The Hall–Kier alpha value is -1.45. The van der Waals surface area contributed by atoms with Gasteiger partial charge in [0, 0.05) is 18.2 Å². The maximum atomic E-state index is 10.0. The molecule has 16 heavy (non-hydrogen) atoms. The van der Waals surface area contributed by atoms with Gasteiger partial charge in [0.05, 0.1) is 11.6 Å². The lowest BCUT2D eigenvalue weighted by Crippen LogP contribution is -2.00. The Kier molecular flexibility index (Phi) is 3.49. The van der Waals surface area contributed by atoms with E-state index in [1.165, 1.54) is 0 Å². The van der Waals surface area contributed by atoms with E-state index in [1.807, 2.05) is 30.3 Å². The van der Waals surface area contributed by atoms with E-state index in [0.29, 0.717) is 12.8 Å². The molecule has 1 heterocycles. The minimum absolute atomic E-state index is 0.111. The van der Waals surface area contributed by atoms with Crippen LogP contribution in [0, 0.1) is 0 Å². The SMILES string of the molecule is OCCCC(O)c1cccc2ncccc12. The number of fused-ring (bicyclic) bond motifs is 1. The van der Waals surface area contributed by atoms with Gasteiger partial charge in [-0.15, -0.1) is 0 Å². The predicted octanol–water partition coefficient (Wildman–Crippen LogP) is 2.04. The minimum atomic E-state index is -0.528. The Morgan fingerprint density at radius 1 is 1.19 bits per heavy atom. The van der Waals surface area contributed by atoms with Crippen molar-refractivity contribution in [3.63, 3.8) is 0 Å². The van der Waals surface area contributed by atoms with Gasteiger partial charge >= 0.3 is 0 Å². The molecular weight excluding hydrogens is 202 g/mol. The molecule has 3 nitrogen and oxygen atoms in total. The summed E-state index contributed by atoms with van der Waals surface area (Å²) in [5.41, 5.74) is 1.78. The number of nitrogens with zero attached hydrogens (tertiary/aromatic N) is 1. The second kappa shape index (κ2) is 5.05. The van der Waals surface area contributed by atoms with Gasteiger partial charge in [-0.2, -0.15) is 0 Å². The van der Waals surface area contributed by atoms with E-state index in [9.17, 15) is 5.11 Å². The van der Waals surface area contributed by atoms with Crippen molar-refractivity contribution < 1.29 is 10.2 Å². The molecule has 0 aliphatic carbocycles. The Morgan fingerprint density at radius 3 is 2.88 bits per heavy atom. The third-order valence-electron chi connectivity index (χ3n) is 2.67. The molecule has 0 amide bonds. The van der Waals surface area contributed by atoms with E-state index in [-0.39, 0.29) is 6.61 Å². The molecule has 1 atom stereocenters. The second-order valence-electron chi connectivity index (χ2n) is 3.80. The summed E-state index contributed by atoms with van der Waals surface area (Å²) in [5.74, 6) is 0. The van der Waals surface area contributed by atoms with Crippen molar-refractivity contribution in [2.75, 3.05) is 6.61 Å². The fourth-order valence-electron chi connectivity index (χ4n) is 1.86. The first-order valence-corrected chi connectivity index (χ1v) is 5.45. The van der Waals surface area contributed by atoms with Crippen LogP contribution in [0.1, 0.15) is 24.5 Å². The van der Waals surface area contributed by atoms with Crippen LogP contribution < -0.4 is 0 Å². The van der Waals surface area contributed by atoms with E-state index in [1.54, 1.807) is 6.20 Å². The minimum Gasteiger partial charge on any atom is -0.396 e. The molecule has 3 heteroatoms. The van der Waals surface area contributed by atoms with Crippen LogP contribution in [0.3, 0.4) is 0 Å². The van der Waals surface area contributed by atoms with Crippen LogP contribution in [0.25, 0.3) is 10.9 Å². The average Bonchev–Trinajstić information content (AvgIpc) is 2.35. The predicted molar refractivity (Wildman–Crippen MR) is 63.0 cm³/mol. The molecule has 0 saturated heterocycles. The maximum absolute atomic E-state index is 10.0. The molecule has 0 radical (unpaired) electrons. The zero-order chi connectivity index (χ0) is 11.4. The summed E-state index contributed by atoms with van der Waals surface area (Å²) in [7, 11) is 0. The first-order valence-electron chi connectivity index (χ1n) is 5.45. The summed E-state index contributed by atoms with van der Waals surface area (Å²) in [6.07, 6.45) is 2.40. The number of aliphatic hydroxyl groups is 2. The van der Waals surface area contributed by atoms with Gasteiger partial charge in [-0.25, -0.2) is 0 Å². The van der Waals surface area contributed by atoms with Crippen molar-refractivity contribution in [3.05, 3.63) is 42.1 Å². The van der Waals surface area contributed by atoms with E-state index in [0.717, 1.165) is 16.5 Å². The summed E-state index contributed by atoms with van der Waals surface area (Å²) in [4.78, 5) is 4.24. The molecule has 1 aromatic heterocycles. The normalized spacial score (nSPS) is 12.9. The van der Waals surface area contributed by atoms with Crippen molar-refractivity contribution in [2.24, 2.45) is 0 Å². The number of hydrogen-bond acceptors (Lipinski definition) is 3. The highest BCUT2D eigenvalue weighted by Gasteiger charge is 2.10. The maximum Gasteiger partial charge on any atom is 0.0797 e. The second-order valence-corrected chi connectivity index (χ2v) is 3.80. The Morgan fingerprint density at radius 2 is 2.06 bits per heavy atom. The van der Waals surface area contributed by atoms with Gasteiger partial charge in [0.25, 0.3) is 0 Å². The van der Waals surface area contributed by atoms with Crippen LogP contribution in [0.15, 0.2) is 36.5 Å². The molecule has 2 rings (SSSR count). The number of benzene rings is 1. The molecule has 0 aliphatic heterocycles. The monoisotopic (exact) mass is 217 g/mol. The first kappa shape index (κ1) is 11.0. The molecule has 0 spiro atoms. The summed E-state index contributed by atoms with van der Waals surface area (Å²) in [5, 5.41) is 19.7. The van der Waals surface area contributed by atoms with Gasteiger partial charge in [-0.3, -0.25) is 4.98 Å². The molecule has 84 valence electrons. The number of hydrogen-bond donors (Lipinski definition) is 2. The quantitative estimate of drug-likeness (QED) is 0.824.